The van der Waals surface area contributed by atoms with Crippen molar-refractivity contribution in [3.8, 4) is 5.69 Å². The van der Waals surface area contributed by atoms with Gasteiger partial charge in [0.1, 0.15) is 11.5 Å². The Morgan fingerprint density at radius 2 is 1.88 bits per heavy atom. The third kappa shape index (κ3) is 3.89. The van der Waals surface area contributed by atoms with Gasteiger partial charge in [0, 0.05) is 11.9 Å². The number of rotatable bonds is 5. The van der Waals surface area contributed by atoms with Gasteiger partial charge >= 0.3 is 0 Å². The van der Waals surface area contributed by atoms with Gasteiger partial charge in [-0.2, -0.15) is 0 Å². The van der Waals surface area contributed by atoms with Gasteiger partial charge < -0.3 is 10.6 Å². The molecule has 2 N–H and O–H groups in total. The number of anilines is 1. The highest BCUT2D eigenvalue weighted by molar-refractivity contribution is 5.98. The summed E-state index contributed by atoms with van der Waals surface area (Å²) in [5.41, 5.74) is 1.78. The van der Waals surface area contributed by atoms with Crippen LogP contribution in [0, 0.1) is 6.92 Å². The molecule has 7 nitrogen and oxygen atoms in total. The highest BCUT2D eigenvalue weighted by Crippen LogP contribution is 2.14. The molecule has 1 aromatic carbocycles. The summed E-state index contributed by atoms with van der Waals surface area (Å²) in [5, 5.41) is 5.27. The van der Waals surface area contributed by atoms with Crippen molar-refractivity contribution in [2.24, 2.45) is 0 Å². The van der Waals surface area contributed by atoms with E-state index in [-0.39, 0.29) is 18.4 Å². The molecule has 0 spiro atoms. The molecular weight excluding hydrogens is 318 g/mol. The van der Waals surface area contributed by atoms with Gasteiger partial charge in [-0.05, 0) is 31.2 Å². The number of carbonyl (C=O) groups excluding carboxylic acids is 2. The number of aromatic nitrogens is 3. The van der Waals surface area contributed by atoms with E-state index < -0.39 is 0 Å². The second kappa shape index (κ2) is 7.39. The first-order valence-corrected chi connectivity index (χ1v) is 7.73. The Labute approximate surface area is 144 Å². The summed E-state index contributed by atoms with van der Waals surface area (Å²) in [6.45, 7) is 1.67. The summed E-state index contributed by atoms with van der Waals surface area (Å²) in [6.07, 6.45) is 4.65. The summed E-state index contributed by atoms with van der Waals surface area (Å²) >= 11 is 0. The highest BCUT2D eigenvalue weighted by Gasteiger charge is 2.16. The second-order valence-corrected chi connectivity index (χ2v) is 5.33. The quantitative estimate of drug-likeness (QED) is 0.746. The molecule has 3 rings (SSSR count). The van der Waals surface area contributed by atoms with Crippen LogP contribution in [-0.4, -0.2) is 32.9 Å². The first kappa shape index (κ1) is 16.4. The van der Waals surface area contributed by atoms with E-state index in [0.29, 0.717) is 17.2 Å². The van der Waals surface area contributed by atoms with Crippen LogP contribution in [-0.2, 0) is 4.79 Å². The van der Waals surface area contributed by atoms with E-state index in [1.807, 2.05) is 37.3 Å². The number of benzene rings is 1. The van der Waals surface area contributed by atoms with Gasteiger partial charge in [0.25, 0.3) is 5.91 Å². The number of nitrogens with zero attached hydrogens (tertiary/aromatic N) is 3. The normalized spacial score (nSPS) is 10.3. The molecule has 0 radical (unpaired) electrons. The van der Waals surface area contributed by atoms with Crippen molar-refractivity contribution in [3.05, 3.63) is 72.6 Å². The molecular formula is C18H17N5O2. The molecule has 3 aromatic rings. The Bertz CT molecular complexity index is 875. The maximum Gasteiger partial charge on any atom is 0.270 e. The molecule has 0 aliphatic carbocycles. The van der Waals surface area contributed by atoms with E-state index in [1.54, 1.807) is 22.9 Å². The molecule has 2 heterocycles. The predicted molar refractivity (Wildman–Crippen MR) is 93.5 cm³/mol. The van der Waals surface area contributed by atoms with Crippen molar-refractivity contribution in [2.45, 2.75) is 6.92 Å². The van der Waals surface area contributed by atoms with Crippen LogP contribution < -0.4 is 10.6 Å². The summed E-state index contributed by atoms with van der Waals surface area (Å²) in [6, 6.07) is 12.9. The van der Waals surface area contributed by atoms with Crippen molar-refractivity contribution in [2.75, 3.05) is 11.9 Å². The first-order valence-electron chi connectivity index (χ1n) is 7.73. The number of pyridine rings is 1. The van der Waals surface area contributed by atoms with E-state index >= 15 is 0 Å². The zero-order chi connectivity index (χ0) is 17.6. The molecule has 0 atom stereocenters. The molecule has 25 heavy (non-hydrogen) atoms. The van der Waals surface area contributed by atoms with Gasteiger partial charge in [-0.3, -0.25) is 19.1 Å². The molecule has 126 valence electrons. The minimum atomic E-state index is -0.370. The highest BCUT2D eigenvalue weighted by atomic mass is 16.2. The largest absolute Gasteiger partial charge is 0.342 e. The lowest BCUT2D eigenvalue weighted by atomic mass is 10.3. The monoisotopic (exact) mass is 335 g/mol. The van der Waals surface area contributed by atoms with E-state index in [9.17, 15) is 9.59 Å². The van der Waals surface area contributed by atoms with Crippen LogP contribution in [0.2, 0.25) is 0 Å². The van der Waals surface area contributed by atoms with Gasteiger partial charge in [-0.1, -0.05) is 18.2 Å². The molecule has 0 aliphatic heterocycles. The molecule has 0 saturated heterocycles. The fourth-order valence-corrected chi connectivity index (χ4v) is 2.40. The topological polar surface area (TPSA) is 88.9 Å². The Balaban J connectivity index is 1.67. The van der Waals surface area contributed by atoms with Crippen molar-refractivity contribution in [1.29, 1.82) is 0 Å². The third-order valence-electron chi connectivity index (χ3n) is 3.54. The zero-order valence-corrected chi connectivity index (χ0v) is 13.6. The lowest BCUT2D eigenvalue weighted by molar-refractivity contribution is -0.115. The molecule has 2 aromatic heterocycles. The molecule has 0 aliphatic rings. The fraction of sp³-hybridized carbons (Fsp3) is 0.111. The van der Waals surface area contributed by atoms with E-state index in [0.717, 1.165) is 5.69 Å². The molecule has 0 fully saturated rings. The summed E-state index contributed by atoms with van der Waals surface area (Å²) < 4.78 is 1.74. The van der Waals surface area contributed by atoms with Crippen molar-refractivity contribution in [1.82, 2.24) is 19.9 Å². The van der Waals surface area contributed by atoms with Gasteiger partial charge in [-0.15, -0.1) is 0 Å². The first-order chi connectivity index (χ1) is 12.1. The van der Waals surface area contributed by atoms with Crippen molar-refractivity contribution in [3.63, 3.8) is 0 Å². The molecule has 7 heteroatoms. The average Bonchev–Trinajstić information content (AvgIpc) is 3.03. The van der Waals surface area contributed by atoms with Gasteiger partial charge in [0.2, 0.25) is 5.91 Å². The maximum atomic E-state index is 12.4. The van der Waals surface area contributed by atoms with Gasteiger partial charge in [-0.25, -0.2) is 4.98 Å². The van der Waals surface area contributed by atoms with Crippen LogP contribution in [0.1, 0.15) is 16.3 Å². The number of imidazole rings is 1. The molecule has 0 bridgehead atoms. The van der Waals surface area contributed by atoms with Crippen LogP contribution in [0.4, 0.5) is 5.69 Å². The van der Waals surface area contributed by atoms with Gasteiger partial charge in [0.05, 0.1) is 24.6 Å². The van der Waals surface area contributed by atoms with Crippen LogP contribution in [0.25, 0.3) is 5.69 Å². The zero-order valence-electron chi connectivity index (χ0n) is 13.6. The summed E-state index contributed by atoms with van der Waals surface area (Å²) in [4.78, 5) is 32.5. The lowest BCUT2D eigenvalue weighted by Crippen LogP contribution is -2.33. The average molecular weight is 335 g/mol. The molecule has 0 unspecified atom stereocenters. The second-order valence-electron chi connectivity index (χ2n) is 5.33. The Morgan fingerprint density at radius 3 is 2.60 bits per heavy atom. The van der Waals surface area contributed by atoms with Crippen molar-refractivity contribution < 1.29 is 9.59 Å². The number of hydrogen-bond acceptors (Lipinski definition) is 4. The SMILES string of the molecule is Cc1ncc(C(=O)NCC(=O)Nc2cccnc2)n1-c1ccccc1. The number of carbonyl (C=O) groups is 2. The van der Waals surface area contributed by atoms with Crippen LogP contribution in [0.15, 0.2) is 61.1 Å². The predicted octanol–water partition coefficient (Wildman–Crippen LogP) is 1.94. The number of nitrogens with one attached hydrogen (secondary N) is 2. The number of para-hydroxylation sites is 1. The maximum absolute atomic E-state index is 12.4. The number of aryl methyl sites for hydroxylation is 1. The molecule has 0 saturated carbocycles. The Hall–Kier alpha value is -3.48. The number of amides is 2. The van der Waals surface area contributed by atoms with Crippen molar-refractivity contribution >= 4 is 17.5 Å². The Morgan fingerprint density at radius 1 is 1.08 bits per heavy atom. The third-order valence-corrected chi connectivity index (χ3v) is 3.54. The minimum absolute atomic E-state index is 0.146. The van der Waals surface area contributed by atoms with Crippen LogP contribution in [0.3, 0.4) is 0 Å². The lowest BCUT2D eigenvalue weighted by Gasteiger charge is -2.10. The molecule has 2 amide bonds. The van der Waals surface area contributed by atoms with E-state index in [4.69, 9.17) is 0 Å². The fourth-order valence-electron chi connectivity index (χ4n) is 2.40. The van der Waals surface area contributed by atoms with Gasteiger partial charge in [0.15, 0.2) is 0 Å². The summed E-state index contributed by atoms with van der Waals surface area (Å²) in [5.74, 6) is -0.00852. The van der Waals surface area contributed by atoms with E-state index in [2.05, 4.69) is 20.6 Å². The van der Waals surface area contributed by atoms with Crippen LogP contribution in [0.5, 0.6) is 0 Å². The minimum Gasteiger partial charge on any atom is -0.342 e. The summed E-state index contributed by atoms with van der Waals surface area (Å²) in [7, 11) is 0. The smallest absolute Gasteiger partial charge is 0.270 e. The number of hydrogen-bond donors (Lipinski definition) is 2. The standard InChI is InChI=1S/C18H17N5O2/c1-13-20-11-16(23(13)15-7-3-2-4-8-15)18(25)21-12-17(24)22-14-6-5-9-19-10-14/h2-11H,12H2,1H3,(H,21,25)(H,22,24). The van der Waals surface area contributed by atoms with Crippen LogP contribution >= 0.6 is 0 Å². The Kier molecular flexibility index (Phi) is 4.84. The van der Waals surface area contributed by atoms with E-state index in [1.165, 1.54) is 12.4 Å².